The lowest BCUT2D eigenvalue weighted by atomic mass is 10.1. The molecule has 36 heavy (non-hydrogen) atoms. The number of hydrogen-bond donors (Lipinski definition) is 0. The number of unbranched alkanes of at least 4 members (excludes halogenated alkanes) is 1. The molecule has 0 saturated heterocycles. The Bertz CT molecular complexity index is 1260. The van der Waals surface area contributed by atoms with Crippen LogP contribution in [0, 0.1) is 0 Å². The van der Waals surface area contributed by atoms with Gasteiger partial charge in [0.25, 0.3) is 0 Å². The third-order valence-electron chi connectivity index (χ3n) is 4.90. The summed E-state index contributed by atoms with van der Waals surface area (Å²) in [6, 6.07) is 15.9. The first kappa shape index (κ1) is 26.0. The smallest absolute Gasteiger partial charge is 0.465 e. The average molecular weight is 492 g/mol. The van der Waals surface area contributed by atoms with Crippen molar-refractivity contribution in [1.82, 2.24) is 0 Å². The van der Waals surface area contributed by atoms with Crippen LogP contribution in [0.2, 0.25) is 0 Å². The van der Waals surface area contributed by atoms with Crippen molar-refractivity contribution in [2.45, 2.75) is 12.8 Å². The van der Waals surface area contributed by atoms with Crippen LogP contribution in [-0.2, 0) is 19.0 Å². The number of hydrogen-bond acceptors (Lipinski definition) is 9. The topological polar surface area (TPSA) is 114 Å². The Balaban J connectivity index is 1.52. The molecule has 0 aliphatic heterocycles. The average Bonchev–Trinajstić information content (AvgIpc) is 2.90. The third kappa shape index (κ3) is 7.42. The van der Waals surface area contributed by atoms with Gasteiger partial charge in [-0.3, -0.25) is 0 Å². The molecule has 3 aromatic rings. The summed E-state index contributed by atoms with van der Waals surface area (Å²) < 4.78 is 25.0. The van der Waals surface area contributed by atoms with Gasteiger partial charge in [0.05, 0.1) is 31.5 Å². The molecule has 186 valence electrons. The van der Waals surface area contributed by atoms with E-state index in [0.717, 1.165) is 16.8 Å². The normalized spacial score (nSPS) is 10.2. The van der Waals surface area contributed by atoms with Gasteiger partial charge in [-0.15, -0.1) is 0 Å². The molecule has 3 aromatic carbocycles. The molecule has 9 nitrogen and oxygen atoms in total. The quantitative estimate of drug-likeness (QED) is 0.0976. The second-order valence-electron chi connectivity index (χ2n) is 7.41. The molecule has 0 radical (unpaired) electrons. The number of carbonyl (C=O) groups excluding carboxylic acids is 4. The summed E-state index contributed by atoms with van der Waals surface area (Å²) in [7, 11) is 1.29. The second kappa shape index (κ2) is 12.7. The van der Waals surface area contributed by atoms with Crippen molar-refractivity contribution in [2.24, 2.45) is 0 Å². The minimum atomic E-state index is -0.851. The molecule has 0 aromatic heterocycles. The zero-order valence-electron chi connectivity index (χ0n) is 19.6. The van der Waals surface area contributed by atoms with E-state index in [-0.39, 0.29) is 24.7 Å². The van der Waals surface area contributed by atoms with Crippen LogP contribution >= 0.6 is 0 Å². The van der Waals surface area contributed by atoms with Crippen LogP contribution in [0.3, 0.4) is 0 Å². The molecule has 0 spiro atoms. The fourth-order valence-corrected chi connectivity index (χ4v) is 3.07. The highest BCUT2D eigenvalue weighted by Crippen LogP contribution is 2.23. The third-order valence-corrected chi connectivity index (χ3v) is 4.90. The number of fused-ring (bicyclic) bond motifs is 1. The maximum Gasteiger partial charge on any atom is 0.513 e. The Morgan fingerprint density at radius 1 is 0.722 bits per heavy atom. The molecule has 9 heteroatoms. The maximum atomic E-state index is 12.5. The van der Waals surface area contributed by atoms with Gasteiger partial charge in [0.15, 0.2) is 0 Å². The van der Waals surface area contributed by atoms with Crippen molar-refractivity contribution in [3.63, 3.8) is 0 Å². The molecule has 0 amide bonds. The number of benzene rings is 3. The molecule has 0 saturated carbocycles. The Morgan fingerprint density at radius 3 is 2.03 bits per heavy atom. The summed E-state index contributed by atoms with van der Waals surface area (Å²) in [5.41, 5.74) is 0.669. The molecule has 0 aliphatic rings. The predicted molar refractivity (Wildman–Crippen MR) is 129 cm³/mol. The van der Waals surface area contributed by atoms with Crippen LogP contribution in [0.25, 0.3) is 10.8 Å². The van der Waals surface area contributed by atoms with E-state index >= 15 is 0 Å². The van der Waals surface area contributed by atoms with E-state index < -0.39 is 24.1 Å². The number of esters is 3. The van der Waals surface area contributed by atoms with Crippen molar-refractivity contribution >= 4 is 34.8 Å². The van der Waals surface area contributed by atoms with Crippen LogP contribution < -0.4 is 9.47 Å². The number of carbonyl (C=O) groups is 4. The molecule has 0 N–H and O–H groups in total. The number of methoxy groups -OCH3 is 1. The highest BCUT2D eigenvalue weighted by Gasteiger charge is 2.12. The molecular formula is C27H24O9. The van der Waals surface area contributed by atoms with Gasteiger partial charge in [-0.25, -0.2) is 19.2 Å². The Kier molecular flexibility index (Phi) is 9.16. The van der Waals surface area contributed by atoms with Crippen LogP contribution in [0.15, 0.2) is 73.3 Å². The van der Waals surface area contributed by atoms with Gasteiger partial charge in [0, 0.05) is 6.08 Å². The maximum absolute atomic E-state index is 12.5. The summed E-state index contributed by atoms with van der Waals surface area (Å²) in [6.07, 6.45) is 1.27. The van der Waals surface area contributed by atoms with Crippen molar-refractivity contribution in [3.8, 4) is 11.5 Å². The minimum Gasteiger partial charge on any atom is -0.465 e. The Morgan fingerprint density at radius 2 is 1.33 bits per heavy atom. The molecule has 0 aliphatic carbocycles. The van der Waals surface area contributed by atoms with Crippen molar-refractivity contribution in [2.75, 3.05) is 20.3 Å². The van der Waals surface area contributed by atoms with E-state index in [1.165, 1.54) is 31.4 Å². The monoisotopic (exact) mass is 492 g/mol. The standard InChI is InChI=1S/C27H24O9/c1-3-24(28)33-14-4-5-15-34-27(31)36-23-13-10-19-16-21(7-6-20(19)17-23)26(30)35-22-11-8-18(9-12-22)25(29)32-2/h3,6-13,16-17H,1,4-5,14-15H2,2H3. The van der Waals surface area contributed by atoms with E-state index in [4.69, 9.17) is 18.9 Å². The lowest BCUT2D eigenvalue weighted by Gasteiger charge is -2.08. The van der Waals surface area contributed by atoms with Gasteiger partial charge < -0.3 is 23.7 Å². The van der Waals surface area contributed by atoms with Gasteiger partial charge in [-0.2, -0.15) is 0 Å². The van der Waals surface area contributed by atoms with Crippen LogP contribution in [0.5, 0.6) is 11.5 Å². The van der Waals surface area contributed by atoms with E-state index in [9.17, 15) is 19.2 Å². The zero-order valence-corrected chi connectivity index (χ0v) is 19.6. The zero-order chi connectivity index (χ0) is 25.9. The van der Waals surface area contributed by atoms with Crippen LogP contribution in [-0.4, -0.2) is 44.4 Å². The highest BCUT2D eigenvalue weighted by atomic mass is 16.7. The van der Waals surface area contributed by atoms with Gasteiger partial charge in [0.2, 0.25) is 0 Å². The van der Waals surface area contributed by atoms with E-state index in [1.807, 2.05) is 0 Å². The molecule has 0 bridgehead atoms. The van der Waals surface area contributed by atoms with Gasteiger partial charge in [0.1, 0.15) is 11.5 Å². The van der Waals surface area contributed by atoms with Crippen molar-refractivity contribution < 1.29 is 42.9 Å². The summed E-state index contributed by atoms with van der Waals surface area (Å²) in [5, 5.41) is 1.48. The molecule has 0 fully saturated rings. The molecule has 3 rings (SSSR count). The van der Waals surface area contributed by atoms with Crippen LogP contribution in [0.1, 0.15) is 33.6 Å². The summed E-state index contributed by atoms with van der Waals surface area (Å²) in [6.45, 7) is 3.63. The Hall–Kier alpha value is -4.66. The SMILES string of the molecule is C=CC(=O)OCCCCOC(=O)Oc1ccc2cc(C(=O)Oc3ccc(C(=O)OC)cc3)ccc2c1. The first-order chi connectivity index (χ1) is 17.4. The largest absolute Gasteiger partial charge is 0.513 e. The first-order valence-corrected chi connectivity index (χ1v) is 11.0. The van der Waals surface area contributed by atoms with Gasteiger partial charge in [-0.05, 0) is 72.1 Å². The highest BCUT2D eigenvalue weighted by molar-refractivity contribution is 5.97. The van der Waals surface area contributed by atoms with Crippen molar-refractivity contribution in [1.29, 1.82) is 0 Å². The number of rotatable bonds is 10. The first-order valence-electron chi connectivity index (χ1n) is 11.0. The summed E-state index contributed by atoms with van der Waals surface area (Å²) in [4.78, 5) is 46.9. The van der Waals surface area contributed by atoms with Crippen molar-refractivity contribution in [3.05, 3.63) is 84.4 Å². The van der Waals surface area contributed by atoms with E-state index in [0.29, 0.717) is 24.0 Å². The van der Waals surface area contributed by atoms with Crippen LogP contribution in [0.4, 0.5) is 4.79 Å². The fourth-order valence-electron chi connectivity index (χ4n) is 3.07. The number of ether oxygens (including phenoxy) is 5. The van der Waals surface area contributed by atoms with E-state index in [2.05, 4.69) is 11.3 Å². The molecular weight excluding hydrogens is 468 g/mol. The summed E-state index contributed by atoms with van der Waals surface area (Å²) >= 11 is 0. The molecule has 0 heterocycles. The molecule has 0 atom stereocenters. The fraction of sp³-hybridized carbons (Fsp3) is 0.185. The lowest BCUT2D eigenvalue weighted by molar-refractivity contribution is -0.137. The second-order valence-corrected chi connectivity index (χ2v) is 7.41. The van der Waals surface area contributed by atoms with E-state index in [1.54, 1.807) is 36.4 Å². The molecule has 0 unspecified atom stereocenters. The minimum absolute atomic E-state index is 0.120. The lowest BCUT2D eigenvalue weighted by Crippen LogP contribution is -2.12. The van der Waals surface area contributed by atoms with Gasteiger partial charge in [-0.1, -0.05) is 18.7 Å². The predicted octanol–water partition coefficient (Wildman–Crippen LogP) is 4.87. The summed E-state index contributed by atoms with van der Waals surface area (Å²) in [5.74, 6) is -0.975. The van der Waals surface area contributed by atoms with Gasteiger partial charge >= 0.3 is 24.1 Å². The Labute approximate surface area is 207 Å².